The van der Waals surface area contributed by atoms with Crippen LogP contribution < -0.4 is 4.90 Å². The minimum atomic E-state index is -4.20. The van der Waals surface area contributed by atoms with E-state index in [0.717, 1.165) is 53.8 Å². The fourth-order valence-corrected chi connectivity index (χ4v) is 3.59. The Kier molecular flexibility index (Phi) is 3.94. The Labute approximate surface area is 144 Å². The summed E-state index contributed by atoms with van der Waals surface area (Å²) in [6.45, 7) is 1.90. The van der Waals surface area contributed by atoms with Crippen LogP contribution in [0.1, 0.15) is 18.4 Å². The number of alkyl halides is 3. The molecule has 5 heteroatoms. The Hall–Kier alpha value is -2.43. The third-order valence-corrected chi connectivity index (χ3v) is 4.73. The van der Waals surface area contributed by atoms with Crippen LogP contribution in [0.25, 0.3) is 22.2 Å². The lowest BCUT2D eigenvalue weighted by molar-refractivity contribution is -0.127. The highest BCUT2D eigenvalue weighted by molar-refractivity contribution is 5.89. The number of hydrogen-bond donors (Lipinski definition) is 1. The maximum atomic E-state index is 12.8. The zero-order valence-electron chi connectivity index (χ0n) is 13.7. The van der Waals surface area contributed by atoms with Gasteiger partial charge in [0.05, 0.1) is 6.42 Å². The summed E-state index contributed by atoms with van der Waals surface area (Å²) < 4.78 is 38.5. The number of fused-ring (bicyclic) bond motifs is 1. The molecule has 0 saturated carbocycles. The quantitative estimate of drug-likeness (QED) is 0.661. The summed E-state index contributed by atoms with van der Waals surface area (Å²) in [6.07, 6.45) is -2.86. The lowest BCUT2D eigenvalue weighted by Gasteiger charge is -2.22. The SMILES string of the molecule is FC(F)(F)Cc1ccc(N2CCCC2)c(-c2cc3ccccc3[nH]2)c1. The molecular formula is C20H19F3N2. The Morgan fingerprint density at radius 3 is 2.44 bits per heavy atom. The third-order valence-electron chi connectivity index (χ3n) is 4.73. The van der Waals surface area contributed by atoms with E-state index in [-0.39, 0.29) is 0 Å². The molecule has 1 N–H and O–H groups in total. The van der Waals surface area contributed by atoms with Crippen molar-refractivity contribution in [1.82, 2.24) is 4.98 Å². The monoisotopic (exact) mass is 344 g/mol. The molecule has 1 aliphatic heterocycles. The van der Waals surface area contributed by atoms with Gasteiger partial charge in [0.2, 0.25) is 0 Å². The maximum Gasteiger partial charge on any atom is 0.393 e. The number of aromatic amines is 1. The van der Waals surface area contributed by atoms with E-state index in [1.54, 1.807) is 12.1 Å². The second-order valence-electron chi connectivity index (χ2n) is 6.61. The highest BCUT2D eigenvalue weighted by Crippen LogP contribution is 2.36. The van der Waals surface area contributed by atoms with Gasteiger partial charge in [-0.1, -0.05) is 24.3 Å². The molecule has 0 aliphatic carbocycles. The molecule has 0 atom stereocenters. The van der Waals surface area contributed by atoms with Gasteiger partial charge in [0.25, 0.3) is 0 Å². The molecule has 2 heterocycles. The Morgan fingerprint density at radius 1 is 0.960 bits per heavy atom. The summed E-state index contributed by atoms with van der Waals surface area (Å²) in [6, 6.07) is 15.0. The first-order valence-corrected chi connectivity index (χ1v) is 8.52. The molecule has 1 fully saturated rings. The summed E-state index contributed by atoms with van der Waals surface area (Å²) in [5.74, 6) is 0. The highest BCUT2D eigenvalue weighted by atomic mass is 19.4. The van der Waals surface area contributed by atoms with Crippen LogP contribution >= 0.6 is 0 Å². The third kappa shape index (κ3) is 3.36. The minimum Gasteiger partial charge on any atom is -0.371 e. The van der Waals surface area contributed by atoms with Gasteiger partial charge in [-0.05, 0) is 42.7 Å². The largest absolute Gasteiger partial charge is 0.393 e. The normalized spacial score (nSPS) is 15.2. The standard InChI is InChI=1S/C20H19F3N2/c21-20(22,23)13-14-7-8-19(25-9-3-4-10-25)16(11-14)18-12-15-5-1-2-6-17(15)24-18/h1-2,5-8,11-12,24H,3-4,9-10,13H2. The number of rotatable bonds is 3. The van der Waals surface area contributed by atoms with Gasteiger partial charge in [-0.3, -0.25) is 0 Å². The van der Waals surface area contributed by atoms with Crippen molar-refractivity contribution >= 4 is 16.6 Å². The van der Waals surface area contributed by atoms with E-state index in [0.29, 0.717) is 5.56 Å². The maximum absolute atomic E-state index is 12.8. The van der Waals surface area contributed by atoms with Crippen LogP contribution in [0.2, 0.25) is 0 Å². The van der Waals surface area contributed by atoms with Gasteiger partial charge in [0.15, 0.2) is 0 Å². The molecule has 3 aromatic rings. The number of benzene rings is 2. The van der Waals surface area contributed by atoms with E-state index >= 15 is 0 Å². The van der Waals surface area contributed by atoms with Crippen LogP contribution in [0.4, 0.5) is 18.9 Å². The topological polar surface area (TPSA) is 19.0 Å². The highest BCUT2D eigenvalue weighted by Gasteiger charge is 2.28. The fraction of sp³-hybridized carbons (Fsp3) is 0.300. The Bertz CT molecular complexity index is 856. The lowest BCUT2D eigenvalue weighted by atomic mass is 10.0. The van der Waals surface area contributed by atoms with Crippen molar-refractivity contribution in [3.8, 4) is 11.3 Å². The average Bonchev–Trinajstić information content (AvgIpc) is 3.22. The molecule has 0 unspecified atom stereocenters. The Balaban J connectivity index is 1.82. The molecule has 1 aromatic heterocycles. The van der Waals surface area contributed by atoms with E-state index < -0.39 is 12.6 Å². The number of para-hydroxylation sites is 1. The van der Waals surface area contributed by atoms with E-state index in [4.69, 9.17) is 0 Å². The minimum absolute atomic E-state index is 0.295. The van der Waals surface area contributed by atoms with Gasteiger partial charge < -0.3 is 9.88 Å². The second kappa shape index (κ2) is 6.14. The molecule has 4 rings (SSSR count). The van der Waals surface area contributed by atoms with Crippen LogP contribution in [0, 0.1) is 0 Å². The first-order chi connectivity index (χ1) is 12.0. The van der Waals surface area contributed by atoms with Crippen molar-refractivity contribution in [1.29, 1.82) is 0 Å². The van der Waals surface area contributed by atoms with E-state index in [2.05, 4.69) is 9.88 Å². The molecule has 1 aliphatic rings. The first kappa shape index (κ1) is 16.1. The van der Waals surface area contributed by atoms with E-state index in [9.17, 15) is 13.2 Å². The molecule has 0 radical (unpaired) electrons. The molecule has 25 heavy (non-hydrogen) atoms. The molecule has 0 bridgehead atoms. The number of halogens is 3. The van der Waals surface area contributed by atoms with Crippen LogP contribution in [0.3, 0.4) is 0 Å². The number of hydrogen-bond acceptors (Lipinski definition) is 1. The zero-order valence-corrected chi connectivity index (χ0v) is 13.7. The van der Waals surface area contributed by atoms with Crippen LogP contribution in [-0.2, 0) is 6.42 Å². The van der Waals surface area contributed by atoms with Crippen LogP contribution in [0.15, 0.2) is 48.5 Å². The van der Waals surface area contributed by atoms with Gasteiger partial charge in [-0.2, -0.15) is 13.2 Å². The van der Waals surface area contributed by atoms with Gasteiger partial charge in [0, 0.05) is 40.9 Å². The predicted molar refractivity (Wildman–Crippen MR) is 94.9 cm³/mol. The number of anilines is 1. The van der Waals surface area contributed by atoms with Crippen molar-refractivity contribution < 1.29 is 13.2 Å². The summed E-state index contributed by atoms with van der Waals surface area (Å²) in [5.41, 5.74) is 4.01. The summed E-state index contributed by atoms with van der Waals surface area (Å²) >= 11 is 0. The second-order valence-corrected chi connectivity index (χ2v) is 6.61. The molecule has 2 nitrogen and oxygen atoms in total. The number of aromatic nitrogens is 1. The summed E-state index contributed by atoms with van der Waals surface area (Å²) in [5, 5.41) is 1.06. The van der Waals surface area contributed by atoms with Crippen molar-refractivity contribution in [3.63, 3.8) is 0 Å². The van der Waals surface area contributed by atoms with Gasteiger partial charge in [0.1, 0.15) is 0 Å². The van der Waals surface area contributed by atoms with Gasteiger partial charge in [-0.25, -0.2) is 0 Å². The zero-order chi connectivity index (χ0) is 17.4. The van der Waals surface area contributed by atoms with E-state index in [1.165, 1.54) is 0 Å². The summed E-state index contributed by atoms with van der Waals surface area (Å²) in [4.78, 5) is 5.62. The fourth-order valence-electron chi connectivity index (χ4n) is 3.59. The number of nitrogens with zero attached hydrogens (tertiary/aromatic N) is 1. The van der Waals surface area contributed by atoms with Crippen LogP contribution in [-0.4, -0.2) is 24.2 Å². The predicted octanol–water partition coefficient (Wildman–Crippen LogP) is 5.54. The molecule has 1 saturated heterocycles. The number of H-pyrrole nitrogens is 1. The van der Waals surface area contributed by atoms with Crippen molar-refractivity contribution in [2.24, 2.45) is 0 Å². The van der Waals surface area contributed by atoms with Gasteiger partial charge in [-0.15, -0.1) is 0 Å². The van der Waals surface area contributed by atoms with Crippen molar-refractivity contribution in [3.05, 3.63) is 54.1 Å². The van der Waals surface area contributed by atoms with Gasteiger partial charge >= 0.3 is 6.18 Å². The Morgan fingerprint density at radius 2 is 1.72 bits per heavy atom. The molecule has 0 spiro atoms. The van der Waals surface area contributed by atoms with Crippen molar-refractivity contribution in [2.75, 3.05) is 18.0 Å². The van der Waals surface area contributed by atoms with Crippen molar-refractivity contribution in [2.45, 2.75) is 25.4 Å². The average molecular weight is 344 g/mol. The molecule has 2 aromatic carbocycles. The summed E-state index contributed by atoms with van der Waals surface area (Å²) in [7, 11) is 0. The molecular weight excluding hydrogens is 325 g/mol. The number of nitrogens with one attached hydrogen (secondary N) is 1. The lowest BCUT2D eigenvalue weighted by Crippen LogP contribution is -2.19. The van der Waals surface area contributed by atoms with E-state index in [1.807, 2.05) is 36.4 Å². The molecule has 0 amide bonds. The first-order valence-electron chi connectivity index (χ1n) is 8.52. The van der Waals surface area contributed by atoms with Crippen LogP contribution in [0.5, 0.6) is 0 Å². The smallest absolute Gasteiger partial charge is 0.371 e. The molecule has 130 valence electrons.